The Morgan fingerprint density at radius 2 is 1.86 bits per heavy atom. The van der Waals surface area contributed by atoms with Gasteiger partial charge in [0.1, 0.15) is 0 Å². The van der Waals surface area contributed by atoms with Crippen LogP contribution in [0.15, 0.2) is 4.52 Å². The Morgan fingerprint density at radius 1 is 1.21 bits per heavy atom. The van der Waals surface area contributed by atoms with Gasteiger partial charge in [0, 0.05) is 6.04 Å². The SMILES string of the molecule is Cc1noc([C@H](NC(C)C)C(C)C)n1. The summed E-state index contributed by atoms with van der Waals surface area (Å²) in [5.74, 6) is 1.82. The minimum atomic E-state index is 0.149. The first-order valence-electron chi connectivity index (χ1n) is 5.07. The van der Waals surface area contributed by atoms with Crippen molar-refractivity contribution in [2.24, 2.45) is 5.92 Å². The molecule has 1 heterocycles. The number of nitrogens with zero attached hydrogens (tertiary/aromatic N) is 2. The molecule has 0 bridgehead atoms. The zero-order valence-electron chi connectivity index (χ0n) is 9.53. The number of aryl methyl sites for hydroxylation is 1. The molecule has 0 aromatic carbocycles. The van der Waals surface area contributed by atoms with Crippen LogP contribution in [0.2, 0.25) is 0 Å². The highest BCUT2D eigenvalue weighted by molar-refractivity contribution is 4.93. The van der Waals surface area contributed by atoms with Gasteiger partial charge in [-0.15, -0.1) is 0 Å². The van der Waals surface area contributed by atoms with E-state index >= 15 is 0 Å². The summed E-state index contributed by atoms with van der Waals surface area (Å²) in [6, 6.07) is 0.561. The second kappa shape index (κ2) is 4.55. The lowest BCUT2D eigenvalue weighted by molar-refractivity contribution is 0.276. The van der Waals surface area contributed by atoms with Crippen LogP contribution in [0.25, 0.3) is 0 Å². The average molecular weight is 197 g/mol. The number of hydrogen-bond acceptors (Lipinski definition) is 4. The second-order valence-corrected chi connectivity index (χ2v) is 4.22. The van der Waals surface area contributed by atoms with E-state index in [2.05, 4.69) is 43.2 Å². The highest BCUT2D eigenvalue weighted by Crippen LogP contribution is 2.20. The van der Waals surface area contributed by atoms with Gasteiger partial charge in [0.2, 0.25) is 5.89 Å². The highest BCUT2D eigenvalue weighted by atomic mass is 16.5. The molecule has 0 unspecified atom stereocenters. The van der Waals surface area contributed by atoms with Gasteiger partial charge in [-0.1, -0.05) is 32.9 Å². The van der Waals surface area contributed by atoms with Crippen LogP contribution in [0.3, 0.4) is 0 Å². The highest BCUT2D eigenvalue weighted by Gasteiger charge is 2.22. The first-order valence-corrected chi connectivity index (χ1v) is 5.07. The summed E-state index contributed by atoms with van der Waals surface area (Å²) >= 11 is 0. The number of rotatable bonds is 4. The van der Waals surface area contributed by atoms with Gasteiger partial charge in [0.25, 0.3) is 0 Å². The predicted octanol–water partition coefficient (Wildman–Crippen LogP) is 2.07. The van der Waals surface area contributed by atoms with Crippen molar-refractivity contribution in [1.29, 1.82) is 0 Å². The Hall–Kier alpha value is -0.900. The maximum absolute atomic E-state index is 5.16. The maximum atomic E-state index is 5.16. The summed E-state index contributed by atoms with van der Waals surface area (Å²) in [4.78, 5) is 4.25. The fourth-order valence-electron chi connectivity index (χ4n) is 1.35. The predicted molar refractivity (Wildman–Crippen MR) is 54.9 cm³/mol. The molecule has 0 saturated carbocycles. The minimum absolute atomic E-state index is 0.149. The van der Waals surface area contributed by atoms with E-state index in [-0.39, 0.29) is 6.04 Å². The molecule has 0 aliphatic carbocycles. The quantitative estimate of drug-likeness (QED) is 0.802. The molecular weight excluding hydrogens is 178 g/mol. The van der Waals surface area contributed by atoms with Gasteiger partial charge in [-0.3, -0.25) is 0 Å². The van der Waals surface area contributed by atoms with E-state index in [1.54, 1.807) is 0 Å². The zero-order chi connectivity index (χ0) is 10.7. The van der Waals surface area contributed by atoms with Crippen molar-refractivity contribution in [3.05, 3.63) is 11.7 Å². The van der Waals surface area contributed by atoms with Gasteiger partial charge in [0.15, 0.2) is 5.82 Å². The van der Waals surface area contributed by atoms with E-state index in [1.165, 1.54) is 0 Å². The number of nitrogens with one attached hydrogen (secondary N) is 1. The monoisotopic (exact) mass is 197 g/mol. The van der Waals surface area contributed by atoms with Crippen molar-refractivity contribution in [1.82, 2.24) is 15.5 Å². The Kier molecular flexibility index (Phi) is 3.63. The van der Waals surface area contributed by atoms with E-state index in [4.69, 9.17) is 4.52 Å². The fraction of sp³-hybridized carbons (Fsp3) is 0.800. The Morgan fingerprint density at radius 3 is 2.21 bits per heavy atom. The van der Waals surface area contributed by atoms with Crippen LogP contribution < -0.4 is 5.32 Å². The molecule has 1 aromatic heterocycles. The van der Waals surface area contributed by atoms with Crippen molar-refractivity contribution in [2.45, 2.75) is 46.7 Å². The third kappa shape index (κ3) is 2.80. The summed E-state index contributed by atoms with van der Waals surface area (Å²) in [6.45, 7) is 10.3. The van der Waals surface area contributed by atoms with Gasteiger partial charge < -0.3 is 9.84 Å². The fourth-order valence-corrected chi connectivity index (χ4v) is 1.35. The first-order chi connectivity index (χ1) is 6.50. The third-order valence-electron chi connectivity index (χ3n) is 1.99. The molecule has 0 radical (unpaired) electrons. The summed E-state index contributed by atoms with van der Waals surface area (Å²) < 4.78 is 5.16. The molecule has 0 amide bonds. The molecule has 14 heavy (non-hydrogen) atoms. The molecule has 4 nitrogen and oxygen atoms in total. The van der Waals surface area contributed by atoms with Crippen LogP contribution >= 0.6 is 0 Å². The van der Waals surface area contributed by atoms with Crippen molar-refractivity contribution in [2.75, 3.05) is 0 Å². The van der Waals surface area contributed by atoms with E-state index in [0.717, 1.165) is 0 Å². The molecule has 0 aliphatic rings. The Balaban J connectivity index is 2.77. The lowest BCUT2D eigenvalue weighted by Gasteiger charge is -2.20. The third-order valence-corrected chi connectivity index (χ3v) is 1.99. The van der Waals surface area contributed by atoms with Crippen LogP contribution in [-0.4, -0.2) is 16.2 Å². The molecule has 4 heteroatoms. The van der Waals surface area contributed by atoms with Gasteiger partial charge in [0.05, 0.1) is 6.04 Å². The topological polar surface area (TPSA) is 51.0 Å². The van der Waals surface area contributed by atoms with Crippen LogP contribution in [0, 0.1) is 12.8 Å². The summed E-state index contributed by atoms with van der Waals surface area (Å²) in [6.07, 6.45) is 0. The molecular formula is C10H19N3O. The van der Waals surface area contributed by atoms with E-state index in [9.17, 15) is 0 Å². The summed E-state index contributed by atoms with van der Waals surface area (Å²) in [5, 5.41) is 7.21. The molecule has 0 spiro atoms. The average Bonchev–Trinajstić information content (AvgIpc) is 2.46. The van der Waals surface area contributed by atoms with Crippen molar-refractivity contribution in [3.63, 3.8) is 0 Å². The smallest absolute Gasteiger partial charge is 0.244 e. The van der Waals surface area contributed by atoms with E-state index in [1.807, 2.05) is 6.92 Å². The zero-order valence-corrected chi connectivity index (χ0v) is 9.53. The standard InChI is InChI=1S/C10H19N3O/c1-6(2)9(11-7(3)4)10-12-8(5)13-14-10/h6-7,9,11H,1-5H3/t9-/m1/s1. The van der Waals surface area contributed by atoms with Gasteiger partial charge in [-0.2, -0.15) is 4.98 Å². The van der Waals surface area contributed by atoms with Crippen LogP contribution in [0.5, 0.6) is 0 Å². The lowest BCUT2D eigenvalue weighted by Crippen LogP contribution is -2.31. The maximum Gasteiger partial charge on any atom is 0.244 e. The van der Waals surface area contributed by atoms with Crippen LogP contribution in [0.4, 0.5) is 0 Å². The lowest BCUT2D eigenvalue weighted by atomic mass is 10.0. The van der Waals surface area contributed by atoms with Crippen LogP contribution in [0.1, 0.15) is 45.5 Å². The van der Waals surface area contributed by atoms with Gasteiger partial charge >= 0.3 is 0 Å². The number of aromatic nitrogens is 2. The molecule has 0 aliphatic heterocycles. The molecule has 1 atom stereocenters. The molecule has 1 aromatic rings. The van der Waals surface area contributed by atoms with Gasteiger partial charge in [-0.25, -0.2) is 0 Å². The molecule has 1 rings (SSSR count). The van der Waals surface area contributed by atoms with Crippen molar-refractivity contribution >= 4 is 0 Å². The molecule has 80 valence electrons. The summed E-state index contributed by atoms with van der Waals surface area (Å²) in [5.41, 5.74) is 0. The molecule has 1 N–H and O–H groups in total. The van der Waals surface area contributed by atoms with Crippen molar-refractivity contribution < 1.29 is 4.52 Å². The first kappa shape index (κ1) is 11.2. The molecule has 0 saturated heterocycles. The van der Waals surface area contributed by atoms with Gasteiger partial charge in [-0.05, 0) is 12.8 Å². The minimum Gasteiger partial charge on any atom is -0.338 e. The molecule has 0 fully saturated rings. The number of hydrogen-bond donors (Lipinski definition) is 1. The largest absolute Gasteiger partial charge is 0.338 e. The normalized spacial score (nSPS) is 13.9. The Bertz CT molecular complexity index is 281. The summed E-state index contributed by atoms with van der Waals surface area (Å²) in [7, 11) is 0. The van der Waals surface area contributed by atoms with Crippen LogP contribution in [-0.2, 0) is 0 Å². The van der Waals surface area contributed by atoms with Crippen molar-refractivity contribution in [3.8, 4) is 0 Å². The second-order valence-electron chi connectivity index (χ2n) is 4.22. The van der Waals surface area contributed by atoms with E-state index in [0.29, 0.717) is 23.7 Å². The van der Waals surface area contributed by atoms with E-state index < -0.39 is 0 Å². The Labute approximate surface area is 85.1 Å².